The normalized spacial score (nSPS) is 10.9. The smallest absolute Gasteiger partial charge is 0.141 e. The largest absolute Gasteiger partial charge is 0.205 e. The minimum Gasteiger partial charge on any atom is -0.205 e. The van der Waals surface area contributed by atoms with Gasteiger partial charge in [-0.2, -0.15) is 0 Å². The van der Waals surface area contributed by atoms with Crippen molar-refractivity contribution in [1.29, 1.82) is 0 Å². The van der Waals surface area contributed by atoms with Crippen LogP contribution in [0.4, 0.5) is 4.39 Å². The number of thiophene rings is 1. The van der Waals surface area contributed by atoms with Crippen LogP contribution in [-0.4, -0.2) is 0 Å². The van der Waals surface area contributed by atoms with E-state index >= 15 is 0 Å². The molecule has 0 aliphatic heterocycles. The molecule has 0 spiro atoms. The van der Waals surface area contributed by atoms with Crippen molar-refractivity contribution in [1.82, 2.24) is 0 Å². The molecule has 2 rings (SSSR count). The third-order valence-corrected chi connectivity index (χ3v) is 3.53. The van der Waals surface area contributed by atoms with Gasteiger partial charge >= 0.3 is 0 Å². The van der Waals surface area contributed by atoms with Crippen LogP contribution >= 0.6 is 39.9 Å². The molecular formula is C8H4BrFS2. The second-order valence-electron chi connectivity index (χ2n) is 2.39. The molecule has 2 aromatic rings. The van der Waals surface area contributed by atoms with Gasteiger partial charge in [0.05, 0.1) is 4.70 Å². The highest BCUT2D eigenvalue weighted by Gasteiger charge is 2.06. The molecule has 0 nitrogen and oxygen atoms in total. The van der Waals surface area contributed by atoms with Gasteiger partial charge < -0.3 is 0 Å². The third-order valence-electron chi connectivity index (χ3n) is 1.57. The molecule has 0 aliphatic carbocycles. The number of hydrogen-bond donors (Lipinski definition) is 1. The molecule has 0 saturated carbocycles. The zero-order valence-corrected chi connectivity index (χ0v) is 9.14. The van der Waals surface area contributed by atoms with Gasteiger partial charge in [-0.15, -0.1) is 24.0 Å². The Balaban J connectivity index is 2.92. The summed E-state index contributed by atoms with van der Waals surface area (Å²) >= 11 is 8.92. The maximum absolute atomic E-state index is 13.1. The van der Waals surface area contributed by atoms with E-state index in [2.05, 4.69) is 28.6 Å². The summed E-state index contributed by atoms with van der Waals surface area (Å²) in [5.74, 6) is -0.174. The zero-order valence-electron chi connectivity index (χ0n) is 5.84. The minimum atomic E-state index is -0.174. The summed E-state index contributed by atoms with van der Waals surface area (Å²) in [5, 5.41) is 2.14. The molecule has 0 amide bonds. The van der Waals surface area contributed by atoms with Crippen LogP contribution in [0.15, 0.2) is 26.9 Å². The van der Waals surface area contributed by atoms with Crippen LogP contribution < -0.4 is 0 Å². The maximum atomic E-state index is 13.1. The van der Waals surface area contributed by atoms with Crippen LogP contribution in [-0.2, 0) is 0 Å². The minimum absolute atomic E-state index is 0.174. The van der Waals surface area contributed by atoms with Gasteiger partial charge in [-0.3, -0.25) is 0 Å². The molecule has 0 atom stereocenters. The lowest BCUT2D eigenvalue weighted by atomic mass is 10.2. The first-order valence-corrected chi connectivity index (χ1v) is 5.35. The molecule has 0 bridgehead atoms. The Labute approximate surface area is 86.9 Å². The summed E-state index contributed by atoms with van der Waals surface area (Å²) < 4.78 is 14.8. The number of halogens is 2. The number of thiol groups is 1. The third kappa shape index (κ3) is 1.28. The molecule has 62 valence electrons. The Morgan fingerprint density at radius 2 is 2.17 bits per heavy atom. The monoisotopic (exact) mass is 262 g/mol. The molecule has 0 unspecified atom stereocenters. The quantitative estimate of drug-likeness (QED) is 0.680. The maximum Gasteiger partial charge on any atom is 0.141 e. The fourth-order valence-electron chi connectivity index (χ4n) is 1.05. The predicted octanol–water partition coefficient (Wildman–Crippen LogP) is 4.09. The van der Waals surface area contributed by atoms with Gasteiger partial charge in [0.1, 0.15) is 5.82 Å². The SMILES string of the molecule is Fc1csc2c(S)cc(Br)cc12. The van der Waals surface area contributed by atoms with Crippen LogP contribution in [0.1, 0.15) is 0 Å². The molecule has 1 aromatic carbocycles. The van der Waals surface area contributed by atoms with Crippen LogP contribution in [0.3, 0.4) is 0 Å². The lowest BCUT2D eigenvalue weighted by Gasteiger charge is -1.95. The van der Waals surface area contributed by atoms with Crippen molar-refractivity contribution < 1.29 is 4.39 Å². The number of rotatable bonds is 0. The summed E-state index contributed by atoms with van der Waals surface area (Å²) in [6, 6.07) is 3.63. The van der Waals surface area contributed by atoms with E-state index in [9.17, 15) is 4.39 Å². The number of hydrogen-bond acceptors (Lipinski definition) is 2. The Bertz CT molecular complexity index is 436. The Morgan fingerprint density at radius 3 is 2.92 bits per heavy atom. The lowest BCUT2D eigenvalue weighted by Crippen LogP contribution is -1.71. The van der Waals surface area contributed by atoms with E-state index in [4.69, 9.17) is 0 Å². The molecule has 0 fully saturated rings. The Kier molecular flexibility index (Phi) is 2.14. The first kappa shape index (κ1) is 8.53. The van der Waals surface area contributed by atoms with E-state index in [0.717, 1.165) is 14.1 Å². The van der Waals surface area contributed by atoms with Crippen molar-refractivity contribution in [3.63, 3.8) is 0 Å². The second-order valence-corrected chi connectivity index (χ2v) is 4.66. The Morgan fingerprint density at radius 1 is 1.42 bits per heavy atom. The second kappa shape index (κ2) is 3.01. The average Bonchev–Trinajstić information content (AvgIpc) is 2.33. The summed E-state index contributed by atoms with van der Waals surface area (Å²) in [7, 11) is 0. The van der Waals surface area contributed by atoms with Gasteiger partial charge in [0.25, 0.3) is 0 Å². The predicted molar refractivity (Wildman–Crippen MR) is 56.7 cm³/mol. The van der Waals surface area contributed by atoms with Crippen molar-refractivity contribution in [2.75, 3.05) is 0 Å². The van der Waals surface area contributed by atoms with Gasteiger partial charge in [0.15, 0.2) is 0 Å². The van der Waals surface area contributed by atoms with E-state index < -0.39 is 0 Å². The van der Waals surface area contributed by atoms with Gasteiger partial charge in [-0.05, 0) is 12.1 Å². The van der Waals surface area contributed by atoms with Crippen molar-refractivity contribution >= 4 is 50.0 Å². The van der Waals surface area contributed by atoms with Crippen LogP contribution in [0, 0.1) is 5.82 Å². The molecule has 1 aromatic heterocycles. The highest BCUT2D eigenvalue weighted by atomic mass is 79.9. The Hall–Kier alpha value is -0.0600. The number of fused-ring (bicyclic) bond motifs is 1. The molecule has 0 saturated heterocycles. The van der Waals surface area contributed by atoms with Crippen molar-refractivity contribution in [2.45, 2.75) is 4.90 Å². The van der Waals surface area contributed by atoms with Crippen LogP contribution in [0.5, 0.6) is 0 Å². The summed E-state index contributed by atoms with van der Waals surface area (Å²) in [6.45, 7) is 0. The van der Waals surface area contributed by atoms with E-state index in [1.165, 1.54) is 16.7 Å². The van der Waals surface area contributed by atoms with Crippen molar-refractivity contribution in [3.05, 3.63) is 27.8 Å². The standard InChI is InChI=1S/C8H4BrFS2/c9-4-1-5-6(10)3-12-8(5)7(11)2-4/h1-3,11H. The highest BCUT2D eigenvalue weighted by molar-refractivity contribution is 9.10. The van der Waals surface area contributed by atoms with Crippen LogP contribution in [0.2, 0.25) is 0 Å². The van der Waals surface area contributed by atoms with Crippen LogP contribution in [0.25, 0.3) is 10.1 Å². The zero-order chi connectivity index (χ0) is 8.72. The topological polar surface area (TPSA) is 0 Å². The van der Waals surface area contributed by atoms with Crippen molar-refractivity contribution in [3.8, 4) is 0 Å². The molecule has 4 heteroatoms. The summed E-state index contributed by atoms with van der Waals surface area (Å²) in [6.07, 6.45) is 0. The average molecular weight is 263 g/mol. The van der Waals surface area contributed by atoms with E-state index in [-0.39, 0.29) is 5.82 Å². The fraction of sp³-hybridized carbons (Fsp3) is 0. The van der Waals surface area contributed by atoms with E-state index in [1.54, 1.807) is 6.07 Å². The van der Waals surface area contributed by atoms with E-state index in [0.29, 0.717) is 5.39 Å². The fourth-order valence-corrected chi connectivity index (χ4v) is 2.92. The molecule has 0 radical (unpaired) electrons. The molecule has 12 heavy (non-hydrogen) atoms. The van der Waals surface area contributed by atoms with Gasteiger partial charge in [-0.25, -0.2) is 4.39 Å². The molecule has 0 aliphatic rings. The van der Waals surface area contributed by atoms with Crippen molar-refractivity contribution in [2.24, 2.45) is 0 Å². The van der Waals surface area contributed by atoms with Gasteiger partial charge in [-0.1, -0.05) is 15.9 Å². The summed E-state index contributed by atoms with van der Waals surface area (Å²) in [4.78, 5) is 0.813. The first-order valence-electron chi connectivity index (χ1n) is 3.23. The molecule has 0 N–H and O–H groups in total. The van der Waals surface area contributed by atoms with Gasteiger partial charge in [0, 0.05) is 20.1 Å². The number of benzene rings is 1. The van der Waals surface area contributed by atoms with E-state index in [1.807, 2.05) is 6.07 Å². The van der Waals surface area contributed by atoms with Gasteiger partial charge in [0.2, 0.25) is 0 Å². The molecule has 1 heterocycles. The highest BCUT2D eigenvalue weighted by Crippen LogP contribution is 2.32. The first-order chi connectivity index (χ1) is 5.68. The summed E-state index contributed by atoms with van der Waals surface area (Å²) in [5.41, 5.74) is 0. The molecular weight excluding hydrogens is 259 g/mol. The lowest BCUT2D eigenvalue weighted by molar-refractivity contribution is 0.644.